The van der Waals surface area contributed by atoms with Crippen LogP contribution in [0.2, 0.25) is 0 Å². The molecule has 7 nitrogen and oxygen atoms in total. The minimum absolute atomic E-state index is 0.0759. The normalized spacial score (nSPS) is 22.5. The smallest absolute Gasteiger partial charge is 0.381 e. The Hall–Kier alpha value is -2.85. The monoisotopic (exact) mass is 546 g/mol. The molecule has 1 aliphatic carbocycles. The van der Waals surface area contributed by atoms with Gasteiger partial charge < -0.3 is 24.8 Å². The maximum absolute atomic E-state index is 13.7. The summed E-state index contributed by atoms with van der Waals surface area (Å²) in [5.74, 6) is -0.434. The fourth-order valence-electron chi connectivity index (χ4n) is 6.26. The Morgan fingerprint density at radius 1 is 1.18 bits per heavy atom. The van der Waals surface area contributed by atoms with Crippen LogP contribution in [0.5, 0.6) is 0 Å². The summed E-state index contributed by atoms with van der Waals surface area (Å²) in [7, 11) is 2.15. The number of ether oxygens (including phenoxy) is 1. The number of carbonyl (C=O) groups is 1. The topological polar surface area (TPSA) is 75.6 Å². The molecule has 2 atom stereocenters. The summed E-state index contributed by atoms with van der Waals surface area (Å²) in [5.41, 5.74) is 0.580. The summed E-state index contributed by atoms with van der Waals surface area (Å²) in [4.78, 5) is 29.3. The van der Waals surface area contributed by atoms with Crippen LogP contribution in [0.25, 0.3) is 0 Å². The number of amides is 1. The van der Waals surface area contributed by atoms with E-state index in [0.29, 0.717) is 42.9 Å². The number of benzene rings is 1. The number of rotatable bonds is 6. The Labute approximate surface area is 226 Å². The third-order valence-corrected chi connectivity index (χ3v) is 8.84. The minimum atomic E-state index is -4.48. The number of nitrogens with one attached hydrogen (secondary N) is 2. The van der Waals surface area contributed by atoms with E-state index in [1.165, 1.54) is 19.1 Å². The first-order valence-corrected chi connectivity index (χ1v) is 13.8. The minimum Gasteiger partial charge on any atom is -0.381 e. The van der Waals surface area contributed by atoms with Crippen LogP contribution in [-0.4, -0.2) is 53.8 Å². The molecule has 5 rings (SSSR count). The number of likely N-dealkylation sites (tertiary alicyclic amines) is 1. The predicted molar refractivity (Wildman–Crippen MR) is 143 cm³/mol. The molecule has 1 aromatic carbocycles. The Balaban J connectivity index is 1.44. The van der Waals surface area contributed by atoms with Gasteiger partial charge in [-0.3, -0.25) is 9.59 Å². The Morgan fingerprint density at radius 2 is 1.90 bits per heavy atom. The van der Waals surface area contributed by atoms with Crippen LogP contribution in [0.4, 0.5) is 18.9 Å². The van der Waals surface area contributed by atoms with E-state index in [0.717, 1.165) is 38.3 Å². The van der Waals surface area contributed by atoms with Gasteiger partial charge in [-0.15, -0.1) is 0 Å². The zero-order chi connectivity index (χ0) is 27.9. The van der Waals surface area contributed by atoms with Crippen LogP contribution in [0.3, 0.4) is 0 Å². The second-order valence-electron chi connectivity index (χ2n) is 11.4. The van der Waals surface area contributed by atoms with Crippen LogP contribution in [0.15, 0.2) is 35.3 Å². The summed E-state index contributed by atoms with van der Waals surface area (Å²) in [6.45, 7) is 5.12. The highest BCUT2D eigenvalue weighted by molar-refractivity contribution is 5.99. The molecule has 3 aliphatic rings. The van der Waals surface area contributed by atoms with Gasteiger partial charge in [-0.2, -0.15) is 13.2 Å². The standard InChI is InChI=1S/C29H37F3N4O3/c1-18-22(5-4-6-24(18)29(30,31)32)19(2)33-27(38)23-17-36(21-8-13-39-14-9-21)26(37)15-25(23)34-20-7-12-35(3)28(16-20)10-11-28/h4-6,15,17,19-21,34H,7-14,16H2,1-3H3,(H,33,38)/t19-,20+/m1/s1. The van der Waals surface area contributed by atoms with Crippen molar-refractivity contribution in [2.75, 3.05) is 32.1 Å². The zero-order valence-corrected chi connectivity index (χ0v) is 22.7. The maximum atomic E-state index is 13.7. The first kappa shape index (κ1) is 27.7. The number of pyridine rings is 1. The third-order valence-electron chi connectivity index (χ3n) is 8.84. The van der Waals surface area contributed by atoms with Gasteiger partial charge >= 0.3 is 6.18 Å². The van der Waals surface area contributed by atoms with E-state index in [1.807, 2.05) is 0 Å². The molecule has 10 heteroatoms. The fourth-order valence-corrected chi connectivity index (χ4v) is 6.26. The van der Waals surface area contributed by atoms with Crippen molar-refractivity contribution < 1.29 is 22.7 Å². The molecule has 39 heavy (non-hydrogen) atoms. The first-order valence-electron chi connectivity index (χ1n) is 13.8. The lowest BCUT2D eigenvalue weighted by Gasteiger charge is -2.38. The molecule has 3 fully saturated rings. The molecule has 2 saturated heterocycles. The lowest BCUT2D eigenvalue weighted by atomic mass is 9.95. The first-order chi connectivity index (χ1) is 18.5. The summed E-state index contributed by atoms with van der Waals surface area (Å²) in [5, 5.41) is 6.40. The number of hydrogen-bond acceptors (Lipinski definition) is 5. The highest BCUT2D eigenvalue weighted by Crippen LogP contribution is 2.48. The number of halogens is 3. The van der Waals surface area contributed by atoms with Crippen molar-refractivity contribution in [3.8, 4) is 0 Å². The predicted octanol–water partition coefficient (Wildman–Crippen LogP) is 5.06. The third kappa shape index (κ3) is 5.72. The van der Waals surface area contributed by atoms with E-state index in [2.05, 4.69) is 22.6 Å². The van der Waals surface area contributed by atoms with Crippen LogP contribution >= 0.6 is 0 Å². The molecule has 1 saturated carbocycles. The van der Waals surface area contributed by atoms with Gasteiger partial charge in [-0.1, -0.05) is 12.1 Å². The second kappa shape index (κ2) is 10.6. The summed E-state index contributed by atoms with van der Waals surface area (Å²) in [6, 6.07) is 4.89. The SMILES string of the molecule is Cc1c([C@@H](C)NC(=O)c2cn(C3CCOCC3)c(=O)cc2N[C@H]2CCN(C)C3(CC3)C2)cccc1C(F)(F)F. The number of carbonyl (C=O) groups excluding carboxylic acids is 1. The van der Waals surface area contributed by atoms with Crippen molar-refractivity contribution in [3.63, 3.8) is 0 Å². The average molecular weight is 547 g/mol. The average Bonchev–Trinajstić information content (AvgIpc) is 3.66. The van der Waals surface area contributed by atoms with Gasteiger partial charge in [0.2, 0.25) is 0 Å². The molecule has 0 radical (unpaired) electrons. The molecule has 2 aromatic rings. The van der Waals surface area contributed by atoms with Crippen molar-refractivity contribution in [1.82, 2.24) is 14.8 Å². The van der Waals surface area contributed by atoms with Gasteiger partial charge in [0, 0.05) is 49.6 Å². The number of nitrogens with zero attached hydrogens (tertiary/aromatic N) is 2. The molecule has 1 aromatic heterocycles. The van der Waals surface area contributed by atoms with E-state index < -0.39 is 23.7 Å². The van der Waals surface area contributed by atoms with Crippen molar-refractivity contribution in [2.24, 2.45) is 0 Å². The molecular formula is C29H37F3N4O3. The van der Waals surface area contributed by atoms with Crippen LogP contribution in [0, 0.1) is 6.92 Å². The lowest BCUT2D eigenvalue weighted by Crippen LogP contribution is -2.46. The van der Waals surface area contributed by atoms with Crippen LogP contribution in [-0.2, 0) is 10.9 Å². The fraction of sp³-hybridized carbons (Fsp3) is 0.586. The van der Waals surface area contributed by atoms with Gasteiger partial charge in [-0.05, 0) is 76.6 Å². The molecular weight excluding hydrogens is 509 g/mol. The summed E-state index contributed by atoms with van der Waals surface area (Å²) >= 11 is 0. The van der Waals surface area contributed by atoms with Crippen molar-refractivity contribution in [1.29, 1.82) is 0 Å². The molecule has 212 valence electrons. The number of alkyl halides is 3. The molecule has 2 aliphatic heterocycles. The van der Waals surface area contributed by atoms with Gasteiger partial charge in [0.1, 0.15) is 0 Å². The van der Waals surface area contributed by atoms with Crippen molar-refractivity contribution >= 4 is 11.6 Å². The quantitative estimate of drug-likeness (QED) is 0.530. The highest BCUT2D eigenvalue weighted by atomic mass is 19.4. The molecule has 1 spiro atoms. The van der Waals surface area contributed by atoms with E-state index in [9.17, 15) is 22.8 Å². The zero-order valence-electron chi connectivity index (χ0n) is 22.7. The highest BCUT2D eigenvalue weighted by Gasteiger charge is 2.49. The Kier molecular flexibility index (Phi) is 7.54. The van der Waals surface area contributed by atoms with Crippen LogP contribution < -0.4 is 16.2 Å². The molecule has 2 N–H and O–H groups in total. The molecule has 0 unspecified atom stereocenters. The van der Waals surface area contributed by atoms with Crippen molar-refractivity contribution in [3.05, 3.63) is 63.1 Å². The lowest BCUT2D eigenvalue weighted by molar-refractivity contribution is -0.138. The van der Waals surface area contributed by atoms with E-state index in [-0.39, 0.29) is 28.7 Å². The van der Waals surface area contributed by atoms with E-state index in [4.69, 9.17) is 4.74 Å². The number of piperidine rings is 1. The van der Waals surface area contributed by atoms with Gasteiger partial charge in [-0.25, -0.2) is 0 Å². The number of aromatic nitrogens is 1. The largest absolute Gasteiger partial charge is 0.416 e. The molecule has 0 bridgehead atoms. The Morgan fingerprint density at radius 3 is 2.56 bits per heavy atom. The summed E-state index contributed by atoms with van der Waals surface area (Å²) in [6.07, 6.45) is 2.60. The molecule has 1 amide bonds. The second-order valence-corrected chi connectivity index (χ2v) is 11.4. The maximum Gasteiger partial charge on any atom is 0.416 e. The molecule has 3 heterocycles. The van der Waals surface area contributed by atoms with Gasteiger partial charge in [0.15, 0.2) is 0 Å². The van der Waals surface area contributed by atoms with E-state index in [1.54, 1.807) is 23.8 Å². The van der Waals surface area contributed by atoms with Gasteiger partial charge in [0.25, 0.3) is 11.5 Å². The number of hydrogen-bond donors (Lipinski definition) is 2. The van der Waals surface area contributed by atoms with Crippen LogP contribution in [0.1, 0.15) is 84.6 Å². The summed E-state index contributed by atoms with van der Waals surface area (Å²) < 4.78 is 47.6. The van der Waals surface area contributed by atoms with Crippen molar-refractivity contribution in [2.45, 2.75) is 82.2 Å². The van der Waals surface area contributed by atoms with E-state index >= 15 is 0 Å². The van der Waals surface area contributed by atoms with Gasteiger partial charge in [0.05, 0.1) is 22.9 Å². The Bertz CT molecular complexity index is 1280. The number of anilines is 1.